The van der Waals surface area contributed by atoms with E-state index in [2.05, 4.69) is 34.5 Å². The third-order valence-corrected chi connectivity index (χ3v) is 4.83. The van der Waals surface area contributed by atoms with Gasteiger partial charge >= 0.3 is 0 Å². The van der Waals surface area contributed by atoms with Gasteiger partial charge in [-0.05, 0) is 23.3 Å². The van der Waals surface area contributed by atoms with Gasteiger partial charge in [-0.1, -0.05) is 54.6 Å². The Morgan fingerprint density at radius 3 is 2.29 bits per heavy atom. The Kier molecular flexibility index (Phi) is 6.98. The molecule has 0 atom stereocenters. The van der Waals surface area contributed by atoms with Crippen molar-refractivity contribution >= 4 is 23.6 Å². The summed E-state index contributed by atoms with van der Waals surface area (Å²) in [4.78, 5) is 27.9. The van der Waals surface area contributed by atoms with E-state index in [1.807, 2.05) is 47.4 Å². The molecule has 0 aromatic heterocycles. The number of carbonyl (C=O) groups is 2. The maximum absolute atomic E-state index is 12.6. The van der Waals surface area contributed by atoms with Crippen molar-refractivity contribution in [3.8, 4) is 0 Å². The first-order valence-electron chi connectivity index (χ1n) is 9.68. The number of carbonyl (C=O) groups excluding carboxylic acids is 2. The van der Waals surface area contributed by atoms with Gasteiger partial charge in [-0.15, -0.1) is 0 Å². The van der Waals surface area contributed by atoms with Crippen LogP contribution in [0.15, 0.2) is 60.7 Å². The minimum absolute atomic E-state index is 0.0969. The second kappa shape index (κ2) is 9.85. The highest BCUT2D eigenvalue weighted by atomic mass is 16.2. The molecule has 146 valence electrons. The molecule has 2 aromatic rings. The molecule has 28 heavy (non-hydrogen) atoms. The Bertz CT molecular complexity index is 808. The molecule has 5 heteroatoms. The number of nitrogens with one attached hydrogen (secondary N) is 1. The predicted octanol–water partition coefficient (Wildman–Crippen LogP) is 3.05. The van der Waals surface area contributed by atoms with E-state index in [4.69, 9.17) is 0 Å². The molecule has 1 heterocycles. The van der Waals surface area contributed by atoms with Crippen LogP contribution in [-0.2, 0) is 16.0 Å². The third kappa shape index (κ3) is 6.06. The van der Waals surface area contributed by atoms with E-state index >= 15 is 0 Å². The number of rotatable bonds is 6. The van der Waals surface area contributed by atoms with Crippen molar-refractivity contribution in [1.29, 1.82) is 0 Å². The van der Waals surface area contributed by atoms with E-state index in [9.17, 15) is 9.59 Å². The van der Waals surface area contributed by atoms with Gasteiger partial charge in [-0.2, -0.15) is 0 Å². The zero-order valence-electron chi connectivity index (χ0n) is 16.3. The van der Waals surface area contributed by atoms with Crippen molar-refractivity contribution in [2.45, 2.75) is 13.3 Å². The van der Waals surface area contributed by atoms with E-state index in [-0.39, 0.29) is 11.8 Å². The van der Waals surface area contributed by atoms with Crippen LogP contribution < -0.4 is 5.32 Å². The fraction of sp³-hybridized carbons (Fsp3) is 0.304. The maximum Gasteiger partial charge on any atom is 0.227 e. The van der Waals surface area contributed by atoms with E-state index in [0.717, 1.165) is 44.0 Å². The second-order valence-electron chi connectivity index (χ2n) is 7.05. The first kappa shape index (κ1) is 19.8. The van der Waals surface area contributed by atoms with Crippen LogP contribution in [-0.4, -0.2) is 54.3 Å². The normalized spacial score (nSPS) is 15.0. The fourth-order valence-electron chi connectivity index (χ4n) is 3.28. The number of benzene rings is 2. The maximum atomic E-state index is 12.6. The molecule has 3 rings (SSSR count). The minimum Gasteiger partial charge on any atom is -0.340 e. The van der Waals surface area contributed by atoms with Gasteiger partial charge in [0.1, 0.15) is 0 Å². The van der Waals surface area contributed by atoms with Crippen molar-refractivity contribution < 1.29 is 9.59 Å². The predicted molar refractivity (Wildman–Crippen MR) is 113 cm³/mol. The van der Waals surface area contributed by atoms with E-state index in [1.54, 1.807) is 0 Å². The summed E-state index contributed by atoms with van der Waals surface area (Å²) in [6.07, 6.45) is 4.72. The van der Waals surface area contributed by atoms with Gasteiger partial charge in [0.05, 0.1) is 6.42 Å². The number of nitrogens with zero attached hydrogens (tertiary/aromatic N) is 2. The Morgan fingerprint density at radius 2 is 1.64 bits per heavy atom. The molecule has 1 N–H and O–H groups in total. The third-order valence-electron chi connectivity index (χ3n) is 4.83. The van der Waals surface area contributed by atoms with Crippen LogP contribution in [0.1, 0.15) is 18.1 Å². The van der Waals surface area contributed by atoms with Crippen LogP contribution in [0, 0.1) is 0 Å². The lowest BCUT2D eigenvalue weighted by molar-refractivity contribution is -0.132. The number of amides is 2. The summed E-state index contributed by atoms with van der Waals surface area (Å²) < 4.78 is 0. The summed E-state index contributed by atoms with van der Waals surface area (Å²) in [5, 5.41) is 2.74. The Labute approximate surface area is 166 Å². The van der Waals surface area contributed by atoms with Gasteiger partial charge in [0.15, 0.2) is 0 Å². The summed E-state index contributed by atoms with van der Waals surface area (Å²) >= 11 is 0. The van der Waals surface area contributed by atoms with Gasteiger partial charge in [0.2, 0.25) is 11.8 Å². The van der Waals surface area contributed by atoms with Crippen molar-refractivity contribution in [2.75, 3.05) is 38.0 Å². The number of piperazine rings is 1. The molecule has 0 bridgehead atoms. The van der Waals surface area contributed by atoms with Gasteiger partial charge < -0.3 is 10.2 Å². The topological polar surface area (TPSA) is 52.7 Å². The standard InChI is InChI=1S/C23H27N3O2/c1-19(27)24-22-11-9-21(10-12-22)18-23(28)26-16-14-25(15-17-26)13-5-8-20-6-3-2-4-7-20/h2-12H,13-18H2,1H3,(H,24,27)/b8-5+. The quantitative estimate of drug-likeness (QED) is 0.842. The van der Waals surface area contributed by atoms with Gasteiger partial charge in [-0.3, -0.25) is 14.5 Å². The molecule has 0 unspecified atom stereocenters. The van der Waals surface area contributed by atoms with E-state index in [0.29, 0.717) is 6.42 Å². The van der Waals surface area contributed by atoms with Gasteiger partial charge in [-0.25, -0.2) is 0 Å². The lowest BCUT2D eigenvalue weighted by Crippen LogP contribution is -2.49. The lowest BCUT2D eigenvalue weighted by Gasteiger charge is -2.34. The Hall–Kier alpha value is -2.92. The molecule has 1 fully saturated rings. The minimum atomic E-state index is -0.0969. The van der Waals surface area contributed by atoms with Crippen molar-refractivity contribution in [3.63, 3.8) is 0 Å². The van der Waals surface area contributed by atoms with Crippen LogP contribution in [0.3, 0.4) is 0 Å². The first-order chi connectivity index (χ1) is 13.6. The van der Waals surface area contributed by atoms with Gasteiger partial charge in [0.25, 0.3) is 0 Å². The van der Waals surface area contributed by atoms with Crippen LogP contribution in [0.25, 0.3) is 6.08 Å². The number of anilines is 1. The molecule has 2 amide bonds. The molecule has 2 aromatic carbocycles. The largest absolute Gasteiger partial charge is 0.340 e. The molecule has 1 aliphatic heterocycles. The summed E-state index contributed by atoms with van der Waals surface area (Å²) in [5.41, 5.74) is 2.93. The van der Waals surface area contributed by atoms with Crippen molar-refractivity contribution in [1.82, 2.24) is 9.80 Å². The van der Waals surface area contributed by atoms with Crippen LogP contribution >= 0.6 is 0 Å². The van der Waals surface area contributed by atoms with E-state index < -0.39 is 0 Å². The van der Waals surface area contributed by atoms with Crippen molar-refractivity contribution in [2.24, 2.45) is 0 Å². The fourth-order valence-corrected chi connectivity index (χ4v) is 3.28. The zero-order valence-corrected chi connectivity index (χ0v) is 16.3. The highest BCUT2D eigenvalue weighted by Crippen LogP contribution is 2.12. The first-order valence-corrected chi connectivity index (χ1v) is 9.68. The summed E-state index contributed by atoms with van der Waals surface area (Å²) in [5.74, 6) is 0.0621. The van der Waals surface area contributed by atoms with Crippen LogP contribution in [0.5, 0.6) is 0 Å². The SMILES string of the molecule is CC(=O)Nc1ccc(CC(=O)N2CCN(C/C=C/c3ccccc3)CC2)cc1. The van der Waals surface area contributed by atoms with E-state index in [1.165, 1.54) is 12.5 Å². The Balaban J connectivity index is 1.42. The average molecular weight is 377 g/mol. The summed E-state index contributed by atoms with van der Waals surface area (Å²) in [7, 11) is 0. The Morgan fingerprint density at radius 1 is 0.964 bits per heavy atom. The molecule has 0 spiro atoms. The molecular weight excluding hydrogens is 350 g/mol. The highest BCUT2D eigenvalue weighted by Gasteiger charge is 2.20. The molecule has 5 nitrogen and oxygen atoms in total. The second-order valence-corrected chi connectivity index (χ2v) is 7.05. The highest BCUT2D eigenvalue weighted by molar-refractivity contribution is 5.88. The molecular formula is C23H27N3O2. The lowest BCUT2D eigenvalue weighted by atomic mass is 10.1. The van der Waals surface area contributed by atoms with Crippen molar-refractivity contribution in [3.05, 3.63) is 71.8 Å². The molecule has 0 aliphatic carbocycles. The molecule has 1 saturated heterocycles. The molecule has 0 radical (unpaired) electrons. The number of hydrogen-bond acceptors (Lipinski definition) is 3. The van der Waals surface area contributed by atoms with Crippen LogP contribution in [0.4, 0.5) is 5.69 Å². The average Bonchev–Trinajstić information content (AvgIpc) is 2.70. The van der Waals surface area contributed by atoms with Gasteiger partial charge in [0, 0.05) is 45.3 Å². The monoisotopic (exact) mass is 377 g/mol. The summed E-state index contributed by atoms with van der Waals surface area (Å²) in [6.45, 7) is 5.71. The smallest absolute Gasteiger partial charge is 0.227 e. The number of hydrogen-bond donors (Lipinski definition) is 1. The summed E-state index contributed by atoms with van der Waals surface area (Å²) in [6, 6.07) is 17.7. The molecule has 1 aliphatic rings. The molecule has 0 saturated carbocycles. The zero-order chi connectivity index (χ0) is 19.8. The van der Waals surface area contributed by atoms with Crippen LogP contribution in [0.2, 0.25) is 0 Å².